The van der Waals surface area contributed by atoms with Gasteiger partial charge in [-0.05, 0) is 41.5 Å². The second-order valence-corrected chi connectivity index (χ2v) is 5.61. The lowest BCUT2D eigenvalue weighted by Crippen LogP contribution is -2.14. The van der Waals surface area contributed by atoms with E-state index >= 15 is 0 Å². The molecule has 1 amide bonds. The number of aromatic amines is 1. The van der Waals surface area contributed by atoms with Gasteiger partial charge < -0.3 is 10.3 Å². The average molecular weight is 349 g/mol. The van der Waals surface area contributed by atoms with E-state index in [4.69, 9.17) is 0 Å². The van der Waals surface area contributed by atoms with E-state index in [2.05, 4.69) is 15.3 Å². The molecule has 2 N–H and O–H groups in total. The van der Waals surface area contributed by atoms with Gasteiger partial charge in [0.15, 0.2) is 5.82 Å². The number of allylic oxidation sites excluding steroid dienone is 1. The predicted octanol–water partition coefficient (Wildman–Crippen LogP) is 3.63. The molecule has 1 heterocycles. The number of imidazole rings is 1. The summed E-state index contributed by atoms with van der Waals surface area (Å²) in [5, 5.41) is 2.71. The van der Waals surface area contributed by atoms with Crippen LogP contribution >= 0.6 is 0 Å². The highest BCUT2D eigenvalue weighted by Crippen LogP contribution is 2.11. The van der Waals surface area contributed by atoms with E-state index in [1.54, 1.807) is 12.3 Å². The van der Waals surface area contributed by atoms with Crippen molar-refractivity contribution in [1.82, 2.24) is 9.97 Å². The second-order valence-electron chi connectivity index (χ2n) is 5.61. The Hall–Kier alpha value is -3.54. The number of carbonyl (C=O) groups excluding carboxylic acids is 2. The van der Waals surface area contributed by atoms with Crippen molar-refractivity contribution in [3.05, 3.63) is 89.8 Å². The molecule has 1 aromatic heterocycles. The molecule has 0 saturated heterocycles. The largest absolute Gasteiger partial charge is 0.342 e. The van der Waals surface area contributed by atoms with Crippen molar-refractivity contribution >= 4 is 23.5 Å². The van der Waals surface area contributed by atoms with Crippen LogP contribution in [0.15, 0.2) is 67.0 Å². The number of nitrogens with zero attached hydrogens (tertiary/aromatic N) is 1. The van der Waals surface area contributed by atoms with Crippen LogP contribution in [-0.2, 0) is 11.2 Å². The second kappa shape index (κ2) is 8.02. The summed E-state index contributed by atoms with van der Waals surface area (Å²) in [6, 6.07) is 12.9. The first-order valence-electron chi connectivity index (χ1n) is 7.96. The fourth-order valence-corrected chi connectivity index (χ4v) is 2.32. The van der Waals surface area contributed by atoms with E-state index in [9.17, 15) is 14.0 Å². The third-order valence-corrected chi connectivity index (χ3v) is 3.63. The molecule has 0 saturated carbocycles. The SMILES string of the molecule is O=C(Cc1ccc(C=CC(=O)c2ncc[nH]2)cc1)Nc1ccc(F)cc1. The monoisotopic (exact) mass is 349 g/mol. The number of anilines is 1. The standard InChI is InChI=1S/C20H16FN3O2/c21-16-6-8-17(9-7-16)24-19(26)13-15-3-1-14(2-4-15)5-10-18(25)20-22-11-12-23-20/h1-12H,13H2,(H,22,23)(H,24,26). The van der Waals surface area contributed by atoms with Gasteiger partial charge in [-0.3, -0.25) is 9.59 Å². The van der Waals surface area contributed by atoms with E-state index in [1.807, 2.05) is 24.3 Å². The van der Waals surface area contributed by atoms with E-state index in [0.29, 0.717) is 5.69 Å². The minimum atomic E-state index is -0.350. The van der Waals surface area contributed by atoms with Crippen molar-refractivity contribution in [2.45, 2.75) is 6.42 Å². The lowest BCUT2D eigenvalue weighted by atomic mass is 10.1. The predicted molar refractivity (Wildman–Crippen MR) is 97.1 cm³/mol. The van der Waals surface area contributed by atoms with Gasteiger partial charge in [0.25, 0.3) is 0 Å². The van der Waals surface area contributed by atoms with Crippen LogP contribution in [-0.4, -0.2) is 21.7 Å². The first-order valence-corrected chi connectivity index (χ1v) is 7.96. The third kappa shape index (κ3) is 4.73. The van der Waals surface area contributed by atoms with Crippen LogP contribution in [0.1, 0.15) is 21.7 Å². The Morgan fingerprint density at radius 1 is 1.08 bits per heavy atom. The Bertz CT molecular complexity index is 915. The van der Waals surface area contributed by atoms with Crippen molar-refractivity contribution in [3.63, 3.8) is 0 Å². The molecule has 0 atom stereocenters. The van der Waals surface area contributed by atoms with Crippen molar-refractivity contribution in [2.24, 2.45) is 0 Å². The number of benzene rings is 2. The topological polar surface area (TPSA) is 74.8 Å². The number of H-pyrrole nitrogens is 1. The normalized spacial score (nSPS) is 10.8. The van der Waals surface area contributed by atoms with Crippen LogP contribution in [0.4, 0.5) is 10.1 Å². The summed E-state index contributed by atoms with van der Waals surface area (Å²) in [4.78, 5) is 30.5. The fraction of sp³-hybridized carbons (Fsp3) is 0.0500. The maximum atomic E-state index is 12.9. The number of rotatable bonds is 6. The smallest absolute Gasteiger partial charge is 0.228 e. The van der Waals surface area contributed by atoms with Gasteiger partial charge in [0.1, 0.15) is 5.82 Å². The highest BCUT2D eigenvalue weighted by atomic mass is 19.1. The first-order chi connectivity index (χ1) is 12.6. The van der Waals surface area contributed by atoms with Crippen molar-refractivity contribution in [1.29, 1.82) is 0 Å². The van der Waals surface area contributed by atoms with Gasteiger partial charge in [-0.1, -0.05) is 30.3 Å². The van der Waals surface area contributed by atoms with Gasteiger partial charge in [0.05, 0.1) is 6.42 Å². The summed E-state index contributed by atoms with van der Waals surface area (Å²) in [7, 11) is 0. The zero-order valence-corrected chi connectivity index (χ0v) is 13.8. The summed E-state index contributed by atoms with van der Waals surface area (Å²) in [5.74, 6) is -0.460. The Morgan fingerprint density at radius 2 is 1.81 bits per heavy atom. The maximum Gasteiger partial charge on any atom is 0.228 e. The Balaban J connectivity index is 1.56. The molecule has 0 fully saturated rings. The number of halogens is 1. The number of hydrogen-bond acceptors (Lipinski definition) is 3. The maximum absolute atomic E-state index is 12.9. The molecule has 0 spiro atoms. The summed E-state index contributed by atoms with van der Waals surface area (Å²) in [6.07, 6.45) is 6.44. The van der Waals surface area contributed by atoms with E-state index in [1.165, 1.54) is 36.5 Å². The third-order valence-electron chi connectivity index (χ3n) is 3.63. The molecule has 26 heavy (non-hydrogen) atoms. The van der Waals surface area contributed by atoms with Crippen LogP contribution in [0.3, 0.4) is 0 Å². The van der Waals surface area contributed by atoms with E-state index < -0.39 is 0 Å². The fourth-order valence-electron chi connectivity index (χ4n) is 2.32. The van der Waals surface area contributed by atoms with Crippen LogP contribution < -0.4 is 5.32 Å². The van der Waals surface area contributed by atoms with Crippen molar-refractivity contribution in [2.75, 3.05) is 5.32 Å². The van der Waals surface area contributed by atoms with Gasteiger partial charge in [0.2, 0.25) is 11.7 Å². The van der Waals surface area contributed by atoms with Gasteiger partial charge in [-0.15, -0.1) is 0 Å². The molecule has 0 aliphatic rings. The molecule has 0 unspecified atom stereocenters. The summed E-state index contributed by atoms with van der Waals surface area (Å²) < 4.78 is 12.9. The Kier molecular flexibility index (Phi) is 5.34. The first kappa shape index (κ1) is 17.3. The number of carbonyl (C=O) groups is 2. The lowest BCUT2D eigenvalue weighted by Gasteiger charge is -2.05. The van der Waals surface area contributed by atoms with Crippen molar-refractivity contribution in [3.8, 4) is 0 Å². The molecule has 0 aliphatic heterocycles. The zero-order valence-electron chi connectivity index (χ0n) is 13.8. The van der Waals surface area contributed by atoms with E-state index in [0.717, 1.165) is 11.1 Å². The summed E-state index contributed by atoms with van der Waals surface area (Å²) in [5.41, 5.74) is 2.22. The molecule has 0 aliphatic carbocycles. The van der Waals surface area contributed by atoms with Crippen LogP contribution in [0.5, 0.6) is 0 Å². The highest BCUT2D eigenvalue weighted by molar-refractivity contribution is 6.04. The molecule has 3 aromatic rings. The van der Waals surface area contributed by atoms with Gasteiger partial charge in [-0.25, -0.2) is 9.37 Å². The van der Waals surface area contributed by atoms with Crippen molar-refractivity contribution < 1.29 is 14.0 Å². The van der Waals surface area contributed by atoms with Crippen LogP contribution in [0.2, 0.25) is 0 Å². The minimum absolute atomic E-state index is 0.187. The number of hydrogen-bond donors (Lipinski definition) is 2. The number of aromatic nitrogens is 2. The Labute approximate surface area is 149 Å². The number of ketones is 1. The molecule has 0 radical (unpaired) electrons. The van der Waals surface area contributed by atoms with Crippen LogP contribution in [0, 0.1) is 5.82 Å². The summed E-state index contributed by atoms with van der Waals surface area (Å²) >= 11 is 0. The minimum Gasteiger partial charge on any atom is -0.342 e. The van der Waals surface area contributed by atoms with E-state index in [-0.39, 0.29) is 29.8 Å². The zero-order chi connectivity index (χ0) is 18.4. The quantitative estimate of drug-likeness (QED) is 0.527. The molecule has 130 valence electrons. The highest BCUT2D eigenvalue weighted by Gasteiger charge is 2.05. The van der Waals surface area contributed by atoms with Gasteiger partial charge in [0, 0.05) is 18.1 Å². The Morgan fingerprint density at radius 3 is 2.46 bits per heavy atom. The number of nitrogens with one attached hydrogen (secondary N) is 2. The molecule has 6 heteroatoms. The average Bonchev–Trinajstić information content (AvgIpc) is 3.17. The molecule has 3 rings (SSSR count). The number of amides is 1. The molecular formula is C20H16FN3O2. The van der Waals surface area contributed by atoms with Crippen LogP contribution in [0.25, 0.3) is 6.08 Å². The lowest BCUT2D eigenvalue weighted by molar-refractivity contribution is -0.115. The molecule has 5 nitrogen and oxygen atoms in total. The van der Waals surface area contributed by atoms with Gasteiger partial charge >= 0.3 is 0 Å². The summed E-state index contributed by atoms with van der Waals surface area (Å²) in [6.45, 7) is 0. The molecular weight excluding hydrogens is 333 g/mol. The molecule has 0 bridgehead atoms. The molecule has 2 aromatic carbocycles. The van der Waals surface area contributed by atoms with Gasteiger partial charge in [-0.2, -0.15) is 0 Å².